The molecular formula is C16H19FN2. The minimum atomic E-state index is -0.297. The van der Waals surface area contributed by atoms with E-state index in [0.29, 0.717) is 0 Å². The molecule has 100 valence electrons. The second kappa shape index (κ2) is 6.43. The van der Waals surface area contributed by atoms with Crippen LogP contribution >= 0.6 is 0 Å². The Balaban J connectivity index is 2.45. The highest BCUT2D eigenvalue weighted by molar-refractivity contribution is 5.36. The highest BCUT2D eigenvalue weighted by atomic mass is 19.1. The van der Waals surface area contributed by atoms with Gasteiger partial charge >= 0.3 is 0 Å². The molecule has 0 amide bonds. The average molecular weight is 258 g/mol. The third-order valence-electron chi connectivity index (χ3n) is 3.21. The lowest BCUT2D eigenvalue weighted by Crippen LogP contribution is -2.23. The standard InChI is InChI=1S/C16H19FN2/c1-3-12-7-5-6-8-15(12)16(19-4-2)13-9-14(17)11-18-10-13/h5-11,16,19H,3-4H2,1-2H3. The molecule has 0 saturated carbocycles. The van der Waals surface area contributed by atoms with Crippen molar-refractivity contribution in [2.24, 2.45) is 0 Å². The minimum Gasteiger partial charge on any atom is -0.306 e. The second-order valence-electron chi connectivity index (χ2n) is 4.48. The van der Waals surface area contributed by atoms with Crippen LogP contribution in [0.3, 0.4) is 0 Å². The van der Waals surface area contributed by atoms with Crippen molar-refractivity contribution in [3.8, 4) is 0 Å². The van der Waals surface area contributed by atoms with Crippen LogP contribution in [0.15, 0.2) is 42.7 Å². The van der Waals surface area contributed by atoms with Crippen LogP contribution in [0.4, 0.5) is 4.39 Å². The van der Waals surface area contributed by atoms with Crippen LogP contribution < -0.4 is 5.32 Å². The van der Waals surface area contributed by atoms with E-state index in [1.807, 2.05) is 19.1 Å². The lowest BCUT2D eigenvalue weighted by Gasteiger charge is -2.21. The number of aryl methyl sites for hydroxylation is 1. The Labute approximate surface area is 113 Å². The molecule has 0 saturated heterocycles. The van der Waals surface area contributed by atoms with Crippen molar-refractivity contribution in [2.45, 2.75) is 26.3 Å². The molecule has 0 radical (unpaired) electrons. The first-order chi connectivity index (χ1) is 9.26. The van der Waals surface area contributed by atoms with Gasteiger partial charge in [-0.25, -0.2) is 4.39 Å². The SMILES string of the molecule is CCNC(c1cncc(F)c1)c1ccccc1CC. The van der Waals surface area contributed by atoms with Gasteiger partial charge in [-0.05, 0) is 35.7 Å². The summed E-state index contributed by atoms with van der Waals surface area (Å²) in [4.78, 5) is 3.95. The number of benzene rings is 1. The fourth-order valence-electron chi connectivity index (χ4n) is 2.34. The molecule has 2 aromatic rings. The van der Waals surface area contributed by atoms with Crippen molar-refractivity contribution >= 4 is 0 Å². The van der Waals surface area contributed by atoms with Crippen molar-refractivity contribution in [3.63, 3.8) is 0 Å². The predicted molar refractivity (Wildman–Crippen MR) is 75.5 cm³/mol. The molecule has 0 aliphatic carbocycles. The number of hydrogen-bond acceptors (Lipinski definition) is 2. The van der Waals surface area contributed by atoms with Crippen molar-refractivity contribution < 1.29 is 4.39 Å². The third kappa shape index (κ3) is 3.18. The molecule has 1 aromatic carbocycles. The summed E-state index contributed by atoms with van der Waals surface area (Å²) in [6.45, 7) is 5.00. The maximum absolute atomic E-state index is 13.4. The van der Waals surface area contributed by atoms with Gasteiger partial charge in [-0.2, -0.15) is 0 Å². The van der Waals surface area contributed by atoms with Crippen LogP contribution in [-0.4, -0.2) is 11.5 Å². The summed E-state index contributed by atoms with van der Waals surface area (Å²) in [6, 6.07) is 9.81. The van der Waals surface area contributed by atoms with Crippen molar-refractivity contribution in [2.75, 3.05) is 6.54 Å². The molecule has 0 spiro atoms. The molecule has 1 N–H and O–H groups in total. The fraction of sp³-hybridized carbons (Fsp3) is 0.312. The number of pyridine rings is 1. The molecule has 2 rings (SSSR count). The van der Waals surface area contributed by atoms with E-state index in [9.17, 15) is 4.39 Å². The summed E-state index contributed by atoms with van der Waals surface area (Å²) >= 11 is 0. The topological polar surface area (TPSA) is 24.9 Å². The monoisotopic (exact) mass is 258 g/mol. The van der Waals surface area contributed by atoms with Gasteiger partial charge in [0.1, 0.15) is 5.82 Å². The van der Waals surface area contributed by atoms with Gasteiger partial charge in [0.2, 0.25) is 0 Å². The lowest BCUT2D eigenvalue weighted by molar-refractivity contribution is 0.594. The summed E-state index contributed by atoms with van der Waals surface area (Å²) < 4.78 is 13.4. The first-order valence-corrected chi connectivity index (χ1v) is 6.67. The molecule has 1 unspecified atom stereocenters. The van der Waals surface area contributed by atoms with E-state index in [1.165, 1.54) is 17.3 Å². The Kier molecular flexibility index (Phi) is 4.63. The summed E-state index contributed by atoms with van der Waals surface area (Å²) in [6.07, 6.45) is 3.92. The number of nitrogens with zero attached hydrogens (tertiary/aromatic N) is 1. The zero-order valence-corrected chi connectivity index (χ0v) is 11.4. The van der Waals surface area contributed by atoms with E-state index < -0.39 is 0 Å². The summed E-state index contributed by atoms with van der Waals surface area (Å²) in [5.74, 6) is -0.297. The number of nitrogens with one attached hydrogen (secondary N) is 1. The maximum Gasteiger partial charge on any atom is 0.141 e. The van der Waals surface area contributed by atoms with Gasteiger partial charge in [0.25, 0.3) is 0 Å². The van der Waals surface area contributed by atoms with E-state index in [0.717, 1.165) is 18.5 Å². The van der Waals surface area contributed by atoms with Gasteiger partial charge in [0, 0.05) is 6.20 Å². The van der Waals surface area contributed by atoms with Crippen molar-refractivity contribution in [1.29, 1.82) is 0 Å². The normalized spacial score (nSPS) is 12.4. The Morgan fingerprint density at radius 1 is 1.21 bits per heavy atom. The molecule has 3 heteroatoms. The lowest BCUT2D eigenvalue weighted by atomic mass is 9.94. The number of hydrogen-bond donors (Lipinski definition) is 1. The molecule has 1 aromatic heterocycles. The maximum atomic E-state index is 13.4. The van der Waals surface area contributed by atoms with E-state index >= 15 is 0 Å². The van der Waals surface area contributed by atoms with E-state index in [1.54, 1.807) is 12.3 Å². The molecular weight excluding hydrogens is 239 g/mol. The van der Waals surface area contributed by atoms with Gasteiger partial charge in [-0.15, -0.1) is 0 Å². The average Bonchev–Trinajstić information content (AvgIpc) is 2.45. The number of rotatable bonds is 5. The minimum absolute atomic E-state index is 0.00986. The van der Waals surface area contributed by atoms with Crippen LogP contribution in [-0.2, 0) is 6.42 Å². The molecule has 19 heavy (non-hydrogen) atoms. The third-order valence-corrected chi connectivity index (χ3v) is 3.21. The molecule has 0 fully saturated rings. The fourth-order valence-corrected chi connectivity index (χ4v) is 2.34. The number of halogens is 1. The van der Waals surface area contributed by atoms with Gasteiger partial charge in [-0.3, -0.25) is 4.98 Å². The van der Waals surface area contributed by atoms with Crippen molar-refractivity contribution in [1.82, 2.24) is 10.3 Å². The van der Waals surface area contributed by atoms with Crippen LogP contribution in [0.1, 0.15) is 36.6 Å². The first-order valence-electron chi connectivity index (χ1n) is 6.67. The molecule has 1 atom stereocenters. The molecule has 0 aliphatic heterocycles. The zero-order chi connectivity index (χ0) is 13.7. The Morgan fingerprint density at radius 3 is 2.68 bits per heavy atom. The largest absolute Gasteiger partial charge is 0.306 e. The first kappa shape index (κ1) is 13.7. The van der Waals surface area contributed by atoms with Gasteiger partial charge in [0.15, 0.2) is 0 Å². The van der Waals surface area contributed by atoms with Gasteiger partial charge in [0.05, 0.1) is 12.2 Å². The Morgan fingerprint density at radius 2 is 2.00 bits per heavy atom. The molecule has 0 aliphatic rings. The molecule has 1 heterocycles. The van der Waals surface area contributed by atoms with Crippen LogP contribution in [0, 0.1) is 5.82 Å². The Bertz CT molecular complexity index is 540. The smallest absolute Gasteiger partial charge is 0.141 e. The van der Waals surface area contributed by atoms with E-state index in [-0.39, 0.29) is 11.9 Å². The van der Waals surface area contributed by atoms with Crippen LogP contribution in [0.25, 0.3) is 0 Å². The zero-order valence-electron chi connectivity index (χ0n) is 11.4. The van der Waals surface area contributed by atoms with E-state index in [2.05, 4.69) is 29.4 Å². The number of aromatic nitrogens is 1. The van der Waals surface area contributed by atoms with Crippen LogP contribution in [0.5, 0.6) is 0 Å². The van der Waals surface area contributed by atoms with Crippen molar-refractivity contribution in [3.05, 3.63) is 65.2 Å². The summed E-state index contributed by atoms with van der Waals surface area (Å²) in [5, 5.41) is 3.41. The quantitative estimate of drug-likeness (QED) is 0.888. The molecule has 0 bridgehead atoms. The van der Waals surface area contributed by atoms with E-state index in [4.69, 9.17) is 0 Å². The predicted octanol–water partition coefficient (Wildman–Crippen LogP) is 3.48. The van der Waals surface area contributed by atoms with Gasteiger partial charge in [-0.1, -0.05) is 38.1 Å². The van der Waals surface area contributed by atoms with Crippen LogP contribution in [0.2, 0.25) is 0 Å². The highest BCUT2D eigenvalue weighted by Crippen LogP contribution is 2.25. The molecule has 2 nitrogen and oxygen atoms in total. The second-order valence-corrected chi connectivity index (χ2v) is 4.48. The summed E-state index contributed by atoms with van der Waals surface area (Å²) in [7, 11) is 0. The van der Waals surface area contributed by atoms with Gasteiger partial charge < -0.3 is 5.32 Å². The highest BCUT2D eigenvalue weighted by Gasteiger charge is 2.16. The Hall–Kier alpha value is -1.74. The summed E-state index contributed by atoms with van der Waals surface area (Å²) in [5.41, 5.74) is 3.33.